The molecule has 0 aromatic carbocycles. The summed E-state index contributed by atoms with van der Waals surface area (Å²) in [6, 6.07) is 1.67. The first-order valence-corrected chi connectivity index (χ1v) is 4.46. The monoisotopic (exact) mass is 198 g/mol. The first kappa shape index (κ1) is 10.7. The summed E-state index contributed by atoms with van der Waals surface area (Å²) in [6.07, 6.45) is 0.782. The second-order valence-corrected chi connectivity index (χ2v) is 2.94. The Morgan fingerprint density at radius 1 is 1.79 bits per heavy atom. The molecule has 1 atom stereocenters. The van der Waals surface area contributed by atoms with E-state index in [9.17, 15) is 9.90 Å². The van der Waals surface area contributed by atoms with E-state index < -0.39 is 12.1 Å². The van der Waals surface area contributed by atoms with Crippen LogP contribution in [0.3, 0.4) is 0 Å². The molecule has 78 valence electrons. The molecule has 5 heteroatoms. The zero-order valence-corrected chi connectivity index (χ0v) is 8.30. The predicted octanol–water partition coefficient (Wildman–Crippen LogP) is 0.407. The Labute approximate surface area is 82.3 Å². The van der Waals surface area contributed by atoms with Crippen LogP contribution in [0, 0.1) is 0 Å². The van der Waals surface area contributed by atoms with Crippen LogP contribution in [0.4, 0.5) is 0 Å². The van der Waals surface area contributed by atoms with Crippen LogP contribution in [0.5, 0.6) is 0 Å². The highest BCUT2D eigenvalue weighted by molar-refractivity contribution is 5.70. The standard InChI is InChI=1S/C9H14N2O3/c1-3-14-9(13)6-8(12)7-4-5-11(2)10-7/h4-5,8,12H,3,6H2,1-2H3. The summed E-state index contributed by atoms with van der Waals surface area (Å²) in [5.74, 6) is -0.411. The van der Waals surface area contributed by atoms with Gasteiger partial charge < -0.3 is 9.84 Å². The lowest BCUT2D eigenvalue weighted by molar-refractivity contribution is -0.145. The normalized spacial score (nSPS) is 12.5. The van der Waals surface area contributed by atoms with Gasteiger partial charge in [-0.3, -0.25) is 9.48 Å². The Bertz CT molecular complexity index is 309. The molecule has 0 fully saturated rings. The highest BCUT2D eigenvalue weighted by Crippen LogP contribution is 2.14. The third-order valence-corrected chi connectivity index (χ3v) is 1.74. The first-order chi connectivity index (χ1) is 6.63. The summed E-state index contributed by atoms with van der Waals surface area (Å²) < 4.78 is 6.28. The van der Waals surface area contributed by atoms with E-state index in [1.807, 2.05) is 0 Å². The van der Waals surface area contributed by atoms with Gasteiger partial charge in [0.25, 0.3) is 0 Å². The van der Waals surface area contributed by atoms with E-state index in [0.29, 0.717) is 12.3 Å². The summed E-state index contributed by atoms with van der Waals surface area (Å²) in [4.78, 5) is 11.0. The number of aryl methyl sites for hydroxylation is 1. The van der Waals surface area contributed by atoms with Gasteiger partial charge >= 0.3 is 5.97 Å². The maximum Gasteiger partial charge on any atom is 0.308 e. The maximum atomic E-state index is 11.0. The SMILES string of the molecule is CCOC(=O)CC(O)c1ccn(C)n1. The minimum Gasteiger partial charge on any atom is -0.466 e. The number of hydrogen-bond donors (Lipinski definition) is 1. The van der Waals surface area contributed by atoms with Crippen molar-refractivity contribution in [3.63, 3.8) is 0 Å². The van der Waals surface area contributed by atoms with Crippen LogP contribution < -0.4 is 0 Å². The quantitative estimate of drug-likeness (QED) is 0.711. The molecule has 1 aromatic rings. The summed E-state index contributed by atoms with van der Waals surface area (Å²) >= 11 is 0. The zero-order valence-electron chi connectivity index (χ0n) is 8.30. The molecule has 5 nitrogen and oxygen atoms in total. The number of aliphatic hydroxyl groups excluding tert-OH is 1. The van der Waals surface area contributed by atoms with Crippen molar-refractivity contribution in [3.8, 4) is 0 Å². The lowest BCUT2D eigenvalue weighted by Gasteiger charge is -2.06. The number of carbonyl (C=O) groups is 1. The van der Waals surface area contributed by atoms with E-state index in [2.05, 4.69) is 5.10 Å². The Morgan fingerprint density at radius 2 is 2.50 bits per heavy atom. The smallest absolute Gasteiger partial charge is 0.308 e. The fourth-order valence-corrected chi connectivity index (χ4v) is 1.09. The molecule has 0 radical (unpaired) electrons. The van der Waals surface area contributed by atoms with E-state index >= 15 is 0 Å². The van der Waals surface area contributed by atoms with Gasteiger partial charge in [-0.25, -0.2) is 0 Å². The molecule has 1 heterocycles. The molecular formula is C9H14N2O3. The second kappa shape index (κ2) is 4.76. The van der Waals surface area contributed by atoms with Crippen molar-refractivity contribution >= 4 is 5.97 Å². The zero-order chi connectivity index (χ0) is 10.6. The molecule has 1 N–H and O–H groups in total. The fraction of sp³-hybridized carbons (Fsp3) is 0.556. The molecule has 0 bridgehead atoms. The number of ether oxygens (including phenoxy) is 1. The third kappa shape index (κ3) is 2.85. The molecule has 0 spiro atoms. The third-order valence-electron chi connectivity index (χ3n) is 1.74. The highest BCUT2D eigenvalue weighted by atomic mass is 16.5. The molecule has 1 aromatic heterocycles. The van der Waals surface area contributed by atoms with Crippen molar-refractivity contribution in [2.45, 2.75) is 19.4 Å². The number of rotatable bonds is 4. The van der Waals surface area contributed by atoms with Crippen LogP contribution in [0.2, 0.25) is 0 Å². The van der Waals surface area contributed by atoms with E-state index in [0.717, 1.165) is 0 Å². The van der Waals surface area contributed by atoms with Gasteiger partial charge in [0.05, 0.1) is 18.7 Å². The van der Waals surface area contributed by atoms with Gasteiger partial charge in [0, 0.05) is 13.2 Å². The van der Waals surface area contributed by atoms with Gasteiger partial charge in [0.1, 0.15) is 6.10 Å². The summed E-state index contributed by atoms with van der Waals surface area (Å²) in [6.45, 7) is 2.05. The van der Waals surface area contributed by atoms with Crippen molar-refractivity contribution in [2.24, 2.45) is 7.05 Å². The van der Waals surface area contributed by atoms with Crippen molar-refractivity contribution < 1.29 is 14.6 Å². The molecule has 0 saturated carbocycles. The Balaban J connectivity index is 2.50. The van der Waals surface area contributed by atoms with Gasteiger partial charge in [-0.2, -0.15) is 5.10 Å². The van der Waals surface area contributed by atoms with E-state index in [1.165, 1.54) is 0 Å². The molecule has 0 aliphatic rings. The number of aliphatic hydroxyl groups is 1. The minimum atomic E-state index is -0.879. The number of carbonyl (C=O) groups excluding carboxylic acids is 1. The molecular weight excluding hydrogens is 184 g/mol. The van der Waals surface area contributed by atoms with Gasteiger partial charge in [-0.05, 0) is 13.0 Å². The van der Waals surface area contributed by atoms with Crippen LogP contribution >= 0.6 is 0 Å². The van der Waals surface area contributed by atoms with Crippen LogP contribution in [0.25, 0.3) is 0 Å². The average Bonchev–Trinajstić information content (AvgIpc) is 2.52. The van der Waals surface area contributed by atoms with Gasteiger partial charge in [-0.1, -0.05) is 0 Å². The van der Waals surface area contributed by atoms with Crippen molar-refractivity contribution in [1.29, 1.82) is 0 Å². The Hall–Kier alpha value is -1.36. The Morgan fingerprint density at radius 3 is 3.00 bits per heavy atom. The van der Waals surface area contributed by atoms with E-state index in [4.69, 9.17) is 4.74 Å². The number of nitrogens with zero attached hydrogens (tertiary/aromatic N) is 2. The first-order valence-electron chi connectivity index (χ1n) is 4.46. The van der Waals surface area contributed by atoms with Crippen molar-refractivity contribution in [2.75, 3.05) is 6.61 Å². The number of aromatic nitrogens is 2. The molecule has 14 heavy (non-hydrogen) atoms. The van der Waals surface area contributed by atoms with Crippen LogP contribution in [0.15, 0.2) is 12.3 Å². The maximum absolute atomic E-state index is 11.0. The molecule has 0 amide bonds. The highest BCUT2D eigenvalue weighted by Gasteiger charge is 2.15. The molecule has 0 aliphatic carbocycles. The fourth-order valence-electron chi connectivity index (χ4n) is 1.09. The largest absolute Gasteiger partial charge is 0.466 e. The lowest BCUT2D eigenvalue weighted by Crippen LogP contribution is -2.10. The average molecular weight is 198 g/mol. The van der Waals surface area contributed by atoms with E-state index in [-0.39, 0.29) is 6.42 Å². The van der Waals surface area contributed by atoms with Gasteiger partial charge in [0.15, 0.2) is 0 Å². The van der Waals surface area contributed by atoms with Gasteiger partial charge in [-0.15, -0.1) is 0 Å². The van der Waals surface area contributed by atoms with Crippen molar-refractivity contribution in [1.82, 2.24) is 9.78 Å². The molecule has 0 aliphatic heterocycles. The number of hydrogen-bond acceptors (Lipinski definition) is 4. The summed E-state index contributed by atoms with van der Waals surface area (Å²) in [7, 11) is 1.75. The van der Waals surface area contributed by atoms with Crippen LogP contribution in [-0.4, -0.2) is 27.5 Å². The van der Waals surface area contributed by atoms with Crippen molar-refractivity contribution in [3.05, 3.63) is 18.0 Å². The van der Waals surface area contributed by atoms with Crippen LogP contribution in [0.1, 0.15) is 25.1 Å². The van der Waals surface area contributed by atoms with Gasteiger partial charge in [0.2, 0.25) is 0 Å². The summed E-state index contributed by atoms with van der Waals surface area (Å²) in [5, 5.41) is 13.5. The molecule has 0 saturated heterocycles. The Kier molecular flexibility index (Phi) is 3.64. The molecule has 1 rings (SSSR count). The molecule has 1 unspecified atom stereocenters. The topological polar surface area (TPSA) is 64.3 Å². The number of esters is 1. The van der Waals surface area contributed by atoms with Crippen LogP contribution in [-0.2, 0) is 16.6 Å². The predicted molar refractivity (Wildman–Crippen MR) is 49.4 cm³/mol. The second-order valence-electron chi connectivity index (χ2n) is 2.94. The lowest BCUT2D eigenvalue weighted by atomic mass is 10.2. The minimum absolute atomic E-state index is 0.0507. The van der Waals surface area contributed by atoms with E-state index in [1.54, 1.807) is 30.9 Å². The summed E-state index contributed by atoms with van der Waals surface area (Å²) in [5.41, 5.74) is 0.487.